The van der Waals surface area contributed by atoms with Gasteiger partial charge in [-0.3, -0.25) is 4.79 Å². The number of halogens is 2. The number of rotatable bonds is 4. The predicted molar refractivity (Wildman–Crippen MR) is 81.7 cm³/mol. The molecule has 0 unspecified atom stereocenters. The number of carbonyl (C=O) groups is 2. The number of nitrogens with zero attached hydrogens (tertiary/aromatic N) is 1. The number of benzene rings is 1. The van der Waals surface area contributed by atoms with Gasteiger partial charge in [-0.05, 0) is 37.8 Å². The Labute approximate surface area is 138 Å². The van der Waals surface area contributed by atoms with Crippen molar-refractivity contribution in [3.63, 3.8) is 0 Å². The van der Waals surface area contributed by atoms with Crippen molar-refractivity contribution in [1.29, 1.82) is 5.26 Å². The largest absolute Gasteiger partial charge is 0.452 e. The van der Waals surface area contributed by atoms with Gasteiger partial charge in [0.05, 0.1) is 21.7 Å². The average molecular weight is 341 g/mol. The highest BCUT2D eigenvalue weighted by molar-refractivity contribution is 6.39. The van der Waals surface area contributed by atoms with Gasteiger partial charge in [0.2, 0.25) is 0 Å². The highest BCUT2D eigenvalue weighted by atomic mass is 35.5. The van der Waals surface area contributed by atoms with Crippen molar-refractivity contribution in [2.45, 2.75) is 31.2 Å². The molecular weight excluding hydrogens is 327 g/mol. The Balaban J connectivity index is 1.94. The van der Waals surface area contributed by atoms with Crippen LogP contribution in [0.3, 0.4) is 0 Å². The number of ether oxygens (including phenoxy) is 1. The minimum atomic E-state index is -0.842. The summed E-state index contributed by atoms with van der Waals surface area (Å²) >= 11 is 11.8. The second-order valence-electron chi connectivity index (χ2n) is 5.12. The van der Waals surface area contributed by atoms with Gasteiger partial charge >= 0.3 is 5.97 Å². The second-order valence-corrected chi connectivity index (χ2v) is 5.94. The zero-order valence-electron chi connectivity index (χ0n) is 11.7. The van der Waals surface area contributed by atoms with E-state index in [-0.39, 0.29) is 15.6 Å². The minimum absolute atomic E-state index is 0.0227. The molecule has 1 fully saturated rings. The van der Waals surface area contributed by atoms with Crippen molar-refractivity contribution >= 4 is 35.1 Å². The summed E-state index contributed by atoms with van der Waals surface area (Å²) in [6.07, 6.45) is 3.00. The van der Waals surface area contributed by atoms with Gasteiger partial charge in [-0.25, -0.2) is 4.79 Å². The van der Waals surface area contributed by atoms with Crippen LogP contribution in [0.15, 0.2) is 18.2 Å². The highest BCUT2D eigenvalue weighted by Crippen LogP contribution is 2.29. The smallest absolute Gasteiger partial charge is 0.341 e. The van der Waals surface area contributed by atoms with E-state index in [0.29, 0.717) is 12.8 Å². The minimum Gasteiger partial charge on any atom is -0.452 e. The monoisotopic (exact) mass is 340 g/mol. The van der Waals surface area contributed by atoms with Crippen LogP contribution >= 0.6 is 23.2 Å². The summed E-state index contributed by atoms with van der Waals surface area (Å²) in [6, 6.07) is 6.75. The first kappa shape index (κ1) is 16.6. The Morgan fingerprint density at radius 3 is 2.41 bits per heavy atom. The van der Waals surface area contributed by atoms with Crippen LogP contribution in [-0.2, 0) is 9.53 Å². The van der Waals surface area contributed by atoms with Gasteiger partial charge in [-0.15, -0.1) is 0 Å². The SMILES string of the molecule is N#CC1(NC(=O)COC(=O)c2c(Cl)cccc2Cl)CCCC1. The lowest BCUT2D eigenvalue weighted by Gasteiger charge is -2.21. The van der Waals surface area contributed by atoms with E-state index in [1.54, 1.807) is 6.07 Å². The fourth-order valence-corrected chi connectivity index (χ4v) is 2.99. The molecule has 1 amide bonds. The molecule has 2 rings (SSSR count). The summed E-state index contributed by atoms with van der Waals surface area (Å²) in [5.74, 6) is -1.29. The van der Waals surface area contributed by atoms with Gasteiger partial charge in [-0.2, -0.15) is 5.26 Å². The Hall–Kier alpha value is -1.77. The van der Waals surface area contributed by atoms with Gasteiger partial charge in [0.1, 0.15) is 5.54 Å². The third kappa shape index (κ3) is 3.70. The zero-order chi connectivity index (χ0) is 16.2. The molecule has 5 nitrogen and oxygen atoms in total. The number of hydrogen-bond donors (Lipinski definition) is 1. The molecule has 0 saturated heterocycles. The van der Waals surface area contributed by atoms with E-state index in [1.807, 2.05) is 0 Å². The molecule has 0 bridgehead atoms. The molecule has 1 aliphatic carbocycles. The van der Waals surface area contributed by atoms with E-state index in [0.717, 1.165) is 12.8 Å². The summed E-state index contributed by atoms with van der Waals surface area (Å²) in [7, 11) is 0. The predicted octanol–water partition coefficient (Wildman–Crippen LogP) is 3.10. The standard InChI is InChI=1S/C15H14Cl2N2O3/c16-10-4-3-5-11(17)13(10)14(21)22-8-12(20)19-15(9-18)6-1-2-7-15/h3-5H,1-2,6-8H2,(H,19,20). The molecule has 1 aliphatic rings. The molecule has 0 heterocycles. The first-order chi connectivity index (χ1) is 10.5. The summed E-state index contributed by atoms with van der Waals surface area (Å²) in [5, 5.41) is 12.1. The Kier molecular flexibility index (Phi) is 5.28. The number of esters is 1. The number of nitriles is 1. The normalized spacial score (nSPS) is 15.9. The van der Waals surface area contributed by atoms with Gasteiger partial charge in [0, 0.05) is 0 Å². The van der Waals surface area contributed by atoms with Crippen molar-refractivity contribution in [1.82, 2.24) is 5.32 Å². The number of amides is 1. The molecular formula is C15H14Cl2N2O3. The van der Waals surface area contributed by atoms with Crippen LogP contribution in [0.1, 0.15) is 36.0 Å². The molecule has 0 atom stereocenters. The quantitative estimate of drug-likeness (QED) is 0.854. The maximum absolute atomic E-state index is 11.9. The summed E-state index contributed by atoms with van der Waals surface area (Å²) < 4.78 is 4.92. The van der Waals surface area contributed by atoms with Crippen LogP contribution in [0.5, 0.6) is 0 Å². The number of nitrogens with one attached hydrogen (secondary N) is 1. The molecule has 0 spiro atoms. The Morgan fingerprint density at radius 2 is 1.86 bits per heavy atom. The molecule has 1 N–H and O–H groups in total. The molecule has 116 valence electrons. The van der Waals surface area contributed by atoms with Crippen molar-refractivity contribution in [2.24, 2.45) is 0 Å². The molecule has 1 aromatic carbocycles. The van der Waals surface area contributed by atoms with Crippen molar-refractivity contribution in [2.75, 3.05) is 6.61 Å². The van der Waals surface area contributed by atoms with Gasteiger partial charge in [0.15, 0.2) is 6.61 Å². The molecule has 0 aliphatic heterocycles. The van der Waals surface area contributed by atoms with E-state index >= 15 is 0 Å². The molecule has 7 heteroatoms. The average Bonchev–Trinajstić information content (AvgIpc) is 2.94. The second kappa shape index (κ2) is 6.99. The molecule has 0 aromatic heterocycles. The first-order valence-corrected chi connectivity index (χ1v) is 7.56. The van der Waals surface area contributed by atoms with Crippen LogP contribution in [0.2, 0.25) is 10.0 Å². The lowest BCUT2D eigenvalue weighted by atomic mass is 10.00. The van der Waals surface area contributed by atoms with Crippen LogP contribution in [0.25, 0.3) is 0 Å². The van der Waals surface area contributed by atoms with Crippen LogP contribution in [0.4, 0.5) is 0 Å². The lowest BCUT2D eigenvalue weighted by molar-refractivity contribution is -0.125. The molecule has 1 aromatic rings. The third-order valence-corrected chi connectivity index (χ3v) is 4.18. The van der Waals surface area contributed by atoms with Gasteiger partial charge < -0.3 is 10.1 Å². The van der Waals surface area contributed by atoms with Gasteiger partial charge in [-0.1, -0.05) is 29.3 Å². The maximum Gasteiger partial charge on any atom is 0.341 e. The summed E-state index contributed by atoms with van der Waals surface area (Å²) in [6.45, 7) is -0.482. The molecule has 0 radical (unpaired) electrons. The fourth-order valence-electron chi connectivity index (χ4n) is 2.44. The van der Waals surface area contributed by atoms with Crippen molar-refractivity contribution in [3.05, 3.63) is 33.8 Å². The van der Waals surface area contributed by atoms with Crippen molar-refractivity contribution in [3.8, 4) is 6.07 Å². The maximum atomic E-state index is 11.9. The Bertz CT molecular complexity index is 614. The lowest BCUT2D eigenvalue weighted by Crippen LogP contribution is -2.46. The van der Waals surface area contributed by atoms with Crippen molar-refractivity contribution < 1.29 is 14.3 Å². The van der Waals surface area contributed by atoms with E-state index in [2.05, 4.69) is 11.4 Å². The fraction of sp³-hybridized carbons (Fsp3) is 0.400. The van der Waals surface area contributed by atoms with Gasteiger partial charge in [0.25, 0.3) is 5.91 Å². The Morgan fingerprint density at radius 1 is 1.27 bits per heavy atom. The summed E-state index contributed by atoms with van der Waals surface area (Å²) in [4.78, 5) is 23.8. The van der Waals surface area contributed by atoms with E-state index in [1.165, 1.54) is 12.1 Å². The number of carbonyl (C=O) groups excluding carboxylic acids is 2. The molecule has 1 saturated carbocycles. The van der Waals surface area contributed by atoms with E-state index in [9.17, 15) is 14.9 Å². The topological polar surface area (TPSA) is 79.2 Å². The first-order valence-electron chi connectivity index (χ1n) is 6.81. The van der Waals surface area contributed by atoms with E-state index < -0.39 is 24.0 Å². The zero-order valence-corrected chi connectivity index (χ0v) is 13.2. The highest BCUT2D eigenvalue weighted by Gasteiger charge is 2.35. The number of hydrogen-bond acceptors (Lipinski definition) is 4. The van der Waals surface area contributed by atoms with Crippen LogP contribution in [0, 0.1) is 11.3 Å². The van der Waals surface area contributed by atoms with Crippen LogP contribution < -0.4 is 5.32 Å². The third-order valence-electron chi connectivity index (χ3n) is 3.55. The summed E-state index contributed by atoms with van der Waals surface area (Å²) in [5.41, 5.74) is -0.819. The van der Waals surface area contributed by atoms with Crippen LogP contribution in [-0.4, -0.2) is 24.0 Å². The molecule has 22 heavy (non-hydrogen) atoms. The van der Waals surface area contributed by atoms with E-state index in [4.69, 9.17) is 27.9 Å².